The molecule has 5 heterocycles. The van der Waals surface area contributed by atoms with Gasteiger partial charge in [0.15, 0.2) is 0 Å². The number of fused-ring (bicyclic) bond motifs is 5. The quantitative estimate of drug-likeness (QED) is 0.250. The van der Waals surface area contributed by atoms with Crippen LogP contribution in [0, 0.1) is 11.8 Å². The van der Waals surface area contributed by atoms with E-state index in [1.807, 2.05) is 13.2 Å². The molecule has 0 N–H and O–H groups in total. The number of aliphatic imine (C=N–C) groups is 3. The second-order valence-corrected chi connectivity index (χ2v) is 11.8. The van der Waals surface area contributed by atoms with E-state index in [1.165, 1.54) is 33.4 Å². The number of hydrogen-bond donors (Lipinski definition) is 0. The first-order chi connectivity index (χ1) is 20.9. The van der Waals surface area contributed by atoms with Crippen molar-refractivity contribution >= 4 is 28.8 Å². The van der Waals surface area contributed by atoms with Crippen LogP contribution < -0.4 is 4.98 Å². The summed E-state index contributed by atoms with van der Waals surface area (Å²) in [5.74, 6) is 0.650. The van der Waals surface area contributed by atoms with Crippen LogP contribution in [-0.2, 0) is 29.3 Å². The van der Waals surface area contributed by atoms with Gasteiger partial charge in [-0.05, 0) is 91.4 Å². The first kappa shape index (κ1) is 33.9. The van der Waals surface area contributed by atoms with Gasteiger partial charge in [0.1, 0.15) is 0 Å². The summed E-state index contributed by atoms with van der Waals surface area (Å²) in [6, 6.07) is 0. The molecule has 8 bridgehead atoms. The van der Waals surface area contributed by atoms with Gasteiger partial charge in [0.05, 0.1) is 22.8 Å². The van der Waals surface area contributed by atoms with Gasteiger partial charge in [0.2, 0.25) is 0 Å². The Balaban J connectivity index is 0.00000442. The average molecular weight is 635 g/mol. The average Bonchev–Trinajstić information content (AvgIpc) is 3.74. The molecule has 1 aromatic rings. The van der Waals surface area contributed by atoms with Crippen LogP contribution in [0.1, 0.15) is 116 Å². The van der Waals surface area contributed by atoms with Gasteiger partial charge in [-0.15, -0.1) is 18.4 Å². The second-order valence-electron chi connectivity index (χ2n) is 11.8. The summed E-state index contributed by atoms with van der Waals surface area (Å²) in [6.07, 6.45) is 16.5. The Bertz CT molecular complexity index is 1580. The molecular formula is C38H49N5Ni. The molecule has 4 aliphatic heterocycles. The normalized spacial score (nSPS) is 22.1. The van der Waals surface area contributed by atoms with Gasteiger partial charge in [-0.2, -0.15) is 6.20 Å². The third-order valence-electron chi connectivity index (χ3n) is 9.73. The molecule has 0 fully saturated rings. The summed E-state index contributed by atoms with van der Waals surface area (Å²) in [6.45, 7) is 18.1. The molecule has 2 unspecified atom stereocenters. The van der Waals surface area contributed by atoms with Gasteiger partial charge in [-0.1, -0.05) is 72.6 Å². The topological polar surface area (TPSA) is 65.3 Å². The predicted octanol–water partition coefficient (Wildman–Crippen LogP) is 9.88. The summed E-state index contributed by atoms with van der Waals surface area (Å²) < 4.78 is 0. The van der Waals surface area contributed by atoms with Crippen molar-refractivity contribution in [2.24, 2.45) is 26.8 Å². The van der Waals surface area contributed by atoms with Gasteiger partial charge >= 0.3 is 16.5 Å². The van der Waals surface area contributed by atoms with Crippen LogP contribution >= 0.6 is 0 Å². The van der Waals surface area contributed by atoms with Crippen molar-refractivity contribution in [1.29, 1.82) is 0 Å². The van der Waals surface area contributed by atoms with Crippen LogP contribution in [0.5, 0.6) is 0 Å². The molecule has 2 atom stereocenters. The van der Waals surface area contributed by atoms with Crippen molar-refractivity contribution in [3.05, 3.63) is 85.6 Å². The Morgan fingerprint density at radius 1 is 0.659 bits per heavy atom. The zero-order valence-corrected chi connectivity index (χ0v) is 29.2. The summed E-state index contributed by atoms with van der Waals surface area (Å²) in [5, 5.41) is 4.57. The Kier molecular flexibility index (Phi) is 11.1. The van der Waals surface area contributed by atoms with E-state index in [9.17, 15) is 0 Å². The van der Waals surface area contributed by atoms with Crippen LogP contribution in [0.25, 0.3) is 17.0 Å². The molecular weight excluding hydrogens is 585 g/mol. The van der Waals surface area contributed by atoms with Crippen LogP contribution in [0.3, 0.4) is 0 Å². The maximum absolute atomic E-state index is 5.45. The fourth-order valence-corrected chi connectivity index (χ4v) is 7.72. The van der Waals surface area contributed by atoms with E-state index in [0.717, 1.165) is 103 Å². The zero-order chi connectivity index (χ0) is 30.8. The van der Waals surface area contributed by atoms with Crippen molar-refractivity contribution in [2.45, 2.75) is 107 Å². The van der Waals surface area contributed by atoms with Crippen molar-refractivity contribution < 1.29 is 16.5 Å². The van der Waals surface area contributed by atoms with Crippen LogP contribution in [0.15, 0.2) is 72.7 Å². The number of hydrogen-bond acceptors (Lipinski definition) is 3. The van der Waals surface area contributed by atoms with Gasteiger partial charge < -0.3 is 10.3 Å². The van der Waals surface area contributed by atoms with E-state index in [1.54, 1.807) is 0 Å². The third-order valence-corrected chi connectivity index (χ3v) is 9.73. The van der Waals surface area contributed by atoms with Gasteiger partial charge in [0, 0.05) is 23.2 Å². The summed E-state index contributed by atoms with van der Waals surface area (Å²) in [7, 11) is 1.86. The molecule has 1 aromatic heterocycles. The van der Waals surface area contributed by atoms with Crippen LogP contribution in [0.2, 0.25) is 0 Å². The van der Waals surface area contributed by atoms with Crippen LogP contribution in [0.4, 0.5) is 0 Å². The fraction of sp³-hybridized carbons (Fsp3) is 0.500. The van der Waals surface area contributed by atoms with Crippen molar-refractivity contribution in [2.75, 3.05) is 7.05 Å². The standard InChI is InChI=1S/C38H49N5.Ni/c1-10-22-24(12-3)33-19-35-26(14-5)28(16-7)37(42-35)30(21-39-9)38-29(17-8)27(15-6)36(43-38)20-34-25(13-4)23(11-2)32(41-34)18-31(22)40-33;/h18-21,26,28H,10-17H2,1-9H3;/q-2;+2/b30-21+,31-18?,34-20?,35-19?;. The molecule has 236 valence electrons. The first-order valence-corrected chi connectivity index (χ1v) is 16.8. The van der Waals surface area contributed by atoms with Crippen molar-refractivity contribution in [3.8, 4) is 0 Å². The monoisotopic (exact) mass is 633 g/mol. The SMILES string of the molecule is CCC1=C(CC)C2=NC1=Cc1[n-]c(c(CC)c1CC)/C(=C/[N-]C)C1=NC(=CC3=NC(=C2)C(CC)=C3CC)C(CC)C1CC.[Ni+2]. The molecule has 4 aliphatic rings. The molecule has 6 heteroatoms. The zero-order valence-electron chi connectivity index (χ0n) is 28.2. The molecule has 5 nitrogen and oxygen atoms in total. The second kappa shape index (κ2) is 14.4. The van der Waals surface area contributed by atoms with E-state index >= 15 is 0 Å². The number of nitrogens with zero attached hydrogens (tertiary/aromatic N) is 5. The van der Waals surface area contributed by atoms with Gasteiger partial charge in [-0.25, -0.2) is 9.98 Å². The third kappa shape index (κ3) is 5.64. The minimum Gasteiger partial charge on any atom is -0.693 e. The van der Waals surface area contributed by atoms with Crippen molar-refractivity contribution in [1.82, 2.24) is 4.98 Å². The fourth-order valence-electron chi connectivity index (χ4n) is 7.72. The van der Waals surface area contributed by atoms with Gasteiger partial charge in [0.25, 0.3) is 0 Å². The molecule has 0 amide bonds. The Labute approximate surface area is 275 Å². The molecule has 0 aliphatic carbocycles. The van der Waals surface area contributed by atoms with Gasteiger partial charge in [-0.3, -0.25) is 4.99 Å². The molecule has 0 saturated carbocycles. The summed E-state index contributed by atoms with van der Waals surface area (Å²) in [4.78, 5) is 21.5. The summed E-state index contributed by atoms with van der Waals surface area (Å²) >= 11 is 0. The summed E-state index contributed by atoms with van der Waals surface area (Å²) in [5.41, 5.74) is 17.6. The molecule has 44 heavy (non-hydrogen) atoms. The van der Waals surface area contributed by atoms with E-state index in [-0.39, 0.29) is 16.5 Å². The maximum Gasteiger partial charge on any atom is 2.00 e. The van der Waals surface area contributed by atoms with E-state index < -0.39 is 0 Å². The number of allylic oxidation sites excluding steroid dienone is 8. The van der Waals surface area contributed by atoms with Crippen molar-refractivity contribution in [3.63, 3.8) is 0 Å². The first-order valence-electron chi connectivity index (χ1n) is 16.8. The van der Waals surface area contributed by atoms with E-state index in [4.69, 9.17) is 20.0 Å². The Morgan fingerprint density at radius 3 is 1.70 bits per heavy atom. The smallest absolute Gasteiger partial charge is 0.693 e. The number of rotatable bonds is 9. The van der Waals surface area contributed by atoms with E-state index in [0.29, 0.717) is 11.8 Å². The minimum absolute atomic E-state index is 0. The minimum atomic E-state index is 0. The largest absolute Gasteiger partial charge is 2.00 e. The molecule has 0 saturated heterocycles. The predicted molar refractivity (Wildman–Crippen MR) is 185 cm³/mol. The molecule has 0 aromatic carbocycles. The number of aromatic nitrogens is 1. The molecule has 0 spiro atoms. The maximum atomic E-state index is 5.45. The van der Waals surface area contributed by atoms with E-state index in [2.05, 4.69) is 78.9 Å². The Morgan fingerprint density at radius 2 is 1.20 bits per heavy atom. The Hall–Kier alpha value is -2.98. The van der Waals surface area contributed by atoms with Crippen LogP contribution in [-0.4, -0.2) is 24.2 Å². The molecule has 0 radical (unpaired) electrons. The molecule has 5 rings (SSSR count).